The number of rotatable bonds is 3. The van der Waals surface area contributed by atoms with Crippen LogP contribution < -0.4 is 0 Å². The third-order valence-corrected chi connectivity index (χ3v) is 4.30. The number of fused-ring (bicyclic) bond motifs is 1. The summed E-state index contributed by atoms with van der Waals surface area (Å²) in [5, 5.41) is 2.72. The first-order valence-corrected chi connectivity index (χ1v) is 7.15. The Balaban J connectivity index is 1.83. The van der Waals surface area contributed by atoms with E-state index in [1.807, 2.05) is 0 Å². The molecular weight excluding hydrogens is 242 g/mol. The fourth-order valence-electron chi connectivity index (χ4n) is 2.85. The van der Waals surface area contributed by atoms with Crippen LogP contribution in [0.5, 0.6) is 0 Å². The third kappa shape index (κ3) is 2.38. The van der Waals surface area contributed by atoms with Gasteiger partial charge in [0.1, 0.15) is 0 Å². The van der Waals surface area contributed by atoms with Crippen LogP contribution in [-0.2, 0) is 6.54 Å². The van der Waals surface area contributed by atoms with Crippen LogP contribution in [0.15, 0.2) is 42.5 Å². The summed E-state index contributed by atoms with van der Waals surface area (Å²) in [7, 11) is 0. The minimum absolute atomic E-state index is 0.682. The zero-order valence-electron chi connectivity index (χ0n) is 10.5. The molecule has 0 bridgehead atoms. The van der Waals surface area contributed by atoms with Gasteiger partial charge in [-0.3, -0.25) is 4.90 Å². The van der Waals surface area contributed by atoms with Crippen molar-refractivity contribution in [1.82, 2.24) is 4.90 Å². The van der Waals surface area contributed by atoms with Gasteiger partial charge in [0, 0.05) is 19.0 Å². The van der Waals surface area contributed by atoms with E-state index in [-0.39, 0.29) is 0 Å². The van der Waals surface area contributed by atoms with Crippen LogP contribution in [0.1, 0.15) is 12.0 Å². The van der Waals surface area contributed by atoms with E-state index in [0.29, 0.717) is 5.92 Å². The lowest BCUT2D eigenvalue weighted by molar-refractivity contribution is 0.322. The van der Waals surface area contributed by atoms with Crippen molar-refractivity contribution in [2.75, 3.05) is 19.0 Å². The first-order valence-electron chi connectivity index (χ1n) is 6.62. The van der Waals surface area contributed by atoms with E-state index in [9.17, 15) is 0 Å². The van der Waals surface area contributed by atoms with Crippen LogP contribution in [0.2, 0.25) is 0 Å². The van der Waals surface area contributed by atoms with Crippen molar-refractivity contribution >= 4 is 22.4 Å². The number of hydrogen-bond donors (Lipinski definition) is 0. The Bertz CT molecular complexity index is 532. The zero-order valence-corrected chi connectivity index (χ0v) is 11.2. The summed E-state index contributed by atoms with van der Waals surface area (Å²) in [6.07, 6.45) is 1.24. The number of alkyl halides is 1. The Hall–Kier alpha value is -1.05. The van der Waals surface area contributed by atoms with Crippen LogP contribution in [0.3, 0.4) is 0 Å². The van der Waals surface area contributed by atoms with Crippen molar-refractivity contribution < 1.29 is 0 Å². The molecule has 0 N–H and O–H groups in total. The van der Waals surface area contributed by atoms with Crippen molar-refractivity contribution in [3.63, 3.8) is 0 Å². The van der Waals surface area contributed by atoms with Crippen LogP contribution in [-0.4, -0.2) is 23.9 Å². The maximum atomic E-state index is 5.94. The Morgan fingerprint density at radius 1 is 1.11 bits per heavy atom. The van der Waals surface area contributed by atoms with E-state index in [4.69, 9.17) is 11.6 Å². The molecule has 0 amide bonds. The molecule has 1 aliphatic rings. The molecule has 1 heterocycles. The van der Waals surface area contributed by atoms with Gasteiger partial charge in [-0.05, 0) is 35.2 Å². The zero-order chi connectivity index (χ0) is 12.4. The molecule has 2 aromatic carbocycles. The highest BCUT2D eigenvalue weighted by atomic mass is 35.5. The van der Waals surface area contributed by atoms with E-state index in [1.54, 1.807) is 0 Å². The Labute approximate surface area is 113 Å². The van der Waals surface area contributed by atoms with Crippen molar-refractivity contribution in [3.8, 4) is 0 Å². The van der Waals surface area contributed by atoms with Gasteiger partial charge in [0.2, 0.25) is 0 Å². The number of likely N-dealkylation sites (tertiary alicyclic amines) is 1. The molecule has 0 aliphatic carbocycles. The number of halogens is 1. The predicted octanol–water partition coefficient (Wildman–Crippen LogP) is 3.90. The van der Waals surface area contributed by atoms with E-state index >= 15 is 0 Å². The molecule has 94 valence electrons. The van der Waals surface area contributed by atoms with Crippen molar-refractivity contribution in [2.24, 2.45) is 5.92 Å². The smallest absolute Gasteiger partial charge is 0.0264 e. The molecule has 2 aromatic rings. The minimum Gasteiger partial charge on any atom is -0.299 e. The van der Waals surface area contributed by atoms with E-state index < -0.39 is 0 Å². The molecule has 0 saturated carbocycles. The number of nitrogens with zero attached hydrogens (tertiary/aromatic N) is 1. The Morgan fingerprint density at radius 3 is 2.78 bits per heavy atom. The standard InChI is InChI=1S/C16H18ClN/c17-10-13-8-9-18(11-13)12-15-6-3-5-14-4-1-2-7-16(14)15/h1-7,13H,8-12H2. The van der Waals surface area contributed by atoms with E-state index in [2.05, 4.69) is 47.4 Å². The highest BCUT2D eigenvalue weighted by Gasteiger charge is 2.21. The second-order valence-corrected chi connectivity index (χ2v) is 5.49. The molecule has 0 spiro atoms. The van der Waals surface area contributed by atoms with Crippen molar-refractivity contribution in [3.05, 3.63) is 48.0 Å². The molecule has 1 saturated heterocycles. The summed E-state index contributed by atoms with van der Waals surface area (Å²) >= 11 is 5.94. The quantitative estimate of drug-likeness (QED) is 0.756. The lowest BCUT2D eigenvalue weighted by atomic mass is 10.0. The lowest BCUT2D eigenvalue weighted by Crippen LogP contribution is -2.20. The Morgan fingerprint density at radius 2 is 1.94 bits per heavy atom. The summed E-state index contributed by atoms with van der Waals surface area (Å²) in [5.74, 6) is 1.48. The van der Waals surface area contributed by atoms with Gasteiger partial charge >= 0.3 is 0 Å². The monoisotopic (exact) mass is 259 g/mol. The van der Waals surface area contributed by atoms with Crippen LogP contribution in [0.25, 0.3) is 10.8 Å². The SMILES string of the molecule is ClCC1CCN(Cc2cccc3ccccc23)C1. The molecule has 0 radical (unpaired) electrons. The van der Waals surface area contributed by atoms with Crippen LogP contribution >= 0.6 is 11.6 Å². The summed E-state index contributed by atoms with van der Waals surface area (Å²) in [6, 6.07) is 15.2. The molecular formula is C16H18ClN. The van der Waals surface area contributed by atoms with Gasteiger partial charge in [-0.25, -0.2) is 0 Å². The van der Waals surface area contributed by atoms with Gasteiger partial charge in [-0.1, -0.05) is 42.5 Å². The number of hydrogen-bond acceptors (Lipinski definition) is 1. The van der Waals surface area contributed by atoms with E-state index in [1.165, 1.54) is 29.3 Å². The highest BCUT2D eigenvalue weighted by Crippen LogP contribution is 2.24. The van der Waals surface area contributed by atoms with Crippen LogP contribution in [0, 0.1) is 5.92 Å². The summed E-state index contributed by atoms with van der Waals surface area (Å²) in [6.45, 7) is 3.38. The number of benzene rings is 2. The topological polar surface area (TPSA) is 3.24 Å². The van der Waals surface area contributed by atoms with Gasteiger partial charge in [-0.15, -0.1) is 11.6 Å². The summed E-state index contributed by atoms with van der Waals surface area (Å²) < 4.78 is 0. The molecule has 1 fully saturated rings. The van der Waals surface area contributed by atoms with Gasteiger partial charge in [-0.2, -0.15) is 0 Å². The summed E-state index contributed by atoms with van der Waals surface area (Å²) in [4.78, 5) is 2.52. The van der Waals surface area contributed by atoms with E-state index in [0.717, 1.165) is 19.0 Å². The Kier molecular flexibility index (Phi) is 3.53. The van der Waals surface area contributed by atoms with Crippen molar-refractivity contribution in [2.45, 2.75) is 13.0 Å². The second-order valence-electron chi connectivity index (χ2n) is 5.18. The second kappa shape index (κ2) is 5.29. The average molecular weight is 260 g/mol. The van der Waals surface area contributed by atoms with Crippen LogP contribution in [0.4, 0.5) is 0 Å². The van der Waals surface area contributed by atoms with Crippen molar-refractivity contribution in [1.29, 1.82) is 0 Å². The fourth-order valence-corrected chi connectivity index (χ4v) is 3.11. The predicted molar refractivity (Wildman–Crippen MR) is 78.1 cm³/mol. The molecule has 2 heteroatoms. The van der Waals surface area contributed by atoms with Gasteiger partial charge in [0.25, 0.3) is 0 Å². The normalized spacial score (nSPS) is 20.6. The van der Waals surface area contributed by atoms with Gasteiger partial charge in [0.05, 0.1) is 0 Å². The molecule has 3 rings (SSSR count). The molecule has 1 nitrogen and oxygen atoms in total. The lowest BCUT2D eigenvalue weighted by Gasteiger charge is -2.17. The maximum Gasteiger partial charge on any atom is 0.0264 e. The largest absolute Gasteiger partial charge is 0.299 e. The molecule has 1 aliphatic heterocycles. The fraction of sp³-hybridized carbons (Fsp3) is 0.375. The minimum atomic E-state index is 0.682. The first kappa shape index (κ1) is 12.0. The van der Waals surface area contributed by atoms with Gasteiger partial charge in [0.15, 0.2) is 0 Å². The average Bonchev–Trinajstić information content (AvgIpc) is 2.87. The molecule has 0 aromatic heterocycles. The first-order chi connectivity index (χ1) is 8.86. The third-order valence-electron chi connectivity index (χ3n) is 3.86. The van der Waals surface area contributed by atoms with Gasteiger partial charge < -0.3 is 0 Å². The molecule has 18 heavy (non-hydrogen) atoms. The highest BCUT2D eigenvalue weighted by molar-refractivity contribution is 6.18. The summed E-state index contributed by atoms with van der Waals surface area (Å²) in [5.41, 5.74) is 1.43. The molecule has 1 unspecified atom stereocenters. The molecule has 1 atom stereocenters. The maximum absolute atomic E-state index is 5.94.